The van der Waals surface area contributed by atoms with E-state index in [0.29, 0.717) is 17.1 Å². The lowest BCUT2D eigenvalue weighted by Gasteiger charge is -2.05. The summed E-state index contributed by atoms with van der Waals surface area (Å²) in [6, 6.07) is 6.01. The maximum atomic E-state index is 13.4. The van der Waals surface area contributed by atoms with Gasteiger partial charge < -0.3 is 5.32 Å². The smallest absolute Gasteiger partial charge is 0.141 e. The maximum Gasteiger partial charge on any atom is 0.141 e. The second kappa shape index (κ2) is 3.76. The monoisotopic (exact) mass is 243 g/mol. The SMILES string of the molecule is Fc1c(Br)cccc1CNC1CC1. The lowest BCUT2D eigenvalue weighted by Crippen LogP contribution is -2.16. The minimum Gasteiger partial charge on any atom is -0.310 e. The van der Waals surface area contributed by atoms with Gasteiger partial charge in [-0.15, -0.1) is 0 Å². The second-order valence-corrected chi connectivity index (χ2v) is 4.22. The predicted molar refractivity (Wildman–Crippen MR) is 54.0 cm³/mol. The molecule has 1 nitrogen and oxygen atoms in total. The summed E-state index contributed by atoms with van der Waals surface area (Å²) < 4.78 is 13.9. The summed E-state index contributed by atoms with van der Waals surface area (Å²) in [7, 11) is 0. The van der Waals surface area contributed by atoms with E-state index in [0.717, 1.165) is 5.56 Å². The first-order valence-electron chi connectivity index (χ1n) is 4.43. The highest BCUT2D eigenvalue weighted by Gasteiger charge is 2.20. The van der Waals surface area contributed by atoms with Gasteiger partial charge >= 0.3 is 0 Å². The van der Waals surface area contributed by atoms with Crippen molar-refractivity contribution in [1.82, 2.24) is 5.32 Å². The van der Waals surface area contributed by atoms with Crippen LogP contribution in [-0.4, -0.2) is 6.04 Å². The molecule has 0 spiro atoms. The fourth-order valence-electron chi connectivity index (χ4n) is 1.23. The summed E-state index contributed by atoms with van der Waals surface area (Å²) in [4.78, 5) is 0. The topological polar surface area (TPSA) is 12.0 Å². The summed E-state index contributed by atoms with van der Waals surface area (Å²) in [5, 5.41) is 3.28. The largest absolute Gasteiger partial charge is 0.310 e. The first-order valence-corrected chi connectivity index (χ1v) is 5.23. The fraction of sp³-hybridized carbons (Fsp3) is 0.400. The predicted octanol–water partition coefficient (Wildman–Crippen LogP) is 2.84. The van der Waals surface area contributed by atoms with Crippen LogP contribution in [0.15, 0.2) is 22.7 Å². The van der Waals surface area contributed by atoms with E-state index in [-0.39, 0.29) is 5.82 Å². The zero-order chi connectivity index (χ0) is 9.26. The van der Waals surface area contributed by atoms with Crippen molar-refractivity contribution in [1.29, 1.82) is 0 Å². The second-order valence-electron chi connectivity index (χ2n) is 3.37. The number of benzene rings is 1. The van der Waals surface area contributed by atoms with Crippen LogP contribution in [0.5, 0.6) is 0 Å². The van der Waals surface area contributed by atoms with Gasteiger partial charge in [0, 0.05) is 18.2 Å². The van der Waals surface area contributed by atoms with Gasteiger partial charge in [0.15, 0.2) is 0 Å². The zero-order valence-corrected chi connectivity index (χ0v) is 8.77. The maximum absolute atomic E-state index is 13.4. The first-order chi connectivity index (χ1) is 6.27. The van der Waals surface area contributed by atoms with Crippen LogP contribution in [0.3, 0.4) is 0 Å². The molecule has 1 N–H and O–H groups in total. The molecule has 2 rings (SSSR count). The molecule has 1 saturated carbocycles. The highest BCUT2D eigenvalue weighted by molar-refractivity contribution is 9.10. The fourth-order valence-corrected chi connectivity index (χ4v) is 1.63. The Bertz CT molecular complexity index is 310. The van der Waals surface area contributed by atoms with Crippen LogP contribution < -0.4 is 5.32 Å². The summed E-state index contributed by atoms with van der Waals surface area (Å²) in [5.74, 6) is -0.143. The molecule has 13 heavy (non-hydrogen) atoms. The molecule has 0 heterocycles. The molecule has 0 aliphatic heterocycles. The lowest BCUT2D eigenvalue weighted by molar-refractivity contribution is 0.581. The number of hydrogen-bond acceptors (Lipinski definition) is 1. The average molecular weight is 244 g/mol. The molecule has 70 valence electrons. The van der Waals surface area contributed by atoms with Gasteiger partial charge in [-0.05, 0) is 34.8 Å². The minimum absolute atomic E-state index is 0.143. The van der Waals surface area contributed by atoms with Crippen LogP contribution >= 0.6 is 15.9 Å². The molecule has 1 aliphatic rings. The van der Waals surface area contributed by atoms with Crippen LogP contribution in [0.1, 0.15) is 18.4 Å². The average Bonchev–Trinajstić information content (AvgIpc) is 2.91. The van der Waals surface area contributed by atoms with Gasteiger partial charge in [0.1, 0.15) is 5.82 Å². The van der Waals surface area contributed by atoms with Crippen molar-refractivity contribution in [3.05, 3.63) is 34.1 Å². The van der Waals surface area contributed by atoms with Crippen LogP contribution in [0.4, 0.5) is 4.39 Å². The van der Waals surface area contributed by atoms with Gasteiger partial charge in [0.25, 0.3) is 0 Å². The summed E-state index contributed by atoms with van der Waals surface area (Å²) in [6.07, 6.45) is 2.46. The molecule has 1 aromatic rings. The molecule has 0 unspecified atom stereocenters. The van der Waals surface area contributed by atoms with Crippen molar-refractivity contribution in [3.63, 3.8) is 0 Å². The van der Waals surface area contributed by atoms with E-state index in [2.05, 4.69) is 21.2 Å². The highest BCUT2D eigenvalue weighted by atomic mass is 79.9. The molecule has 1 aromatic carbocycles. The minimum atomic E-state index is -0.143. The third-order valence-electron chi connectivity index (χ3n) is 2.19. The normalized spacial score (nSPS) is 16.2. The van der Waals surface area contributed by atoms with Gasteiger partial charge in [0.05, 0.1) is 4.47 Å². The van der Waals surface area contributed by atoms with E-state index in [1.54, 1.807) is 6.07 Å². The Hall–Kier alpha value is -0.410. The quantitative estimate of drug-likeness (QED) is 0.862. The van der Waals surface area contributed by atoms with Gasteiger partial charge in [-0.2, -0.15) is 0 Å². The molecule has 0 bridgehead atoms. The van der Waals surface area contributed by atoms with Crippen molar-refractivity contribution in [2.24, 2.45) is 0 Å². The zero-order valence-electron chi connectivity index (χ0n) is 7.19. The molecule has 0 radical (unpaired) electrons. The van der Waals surface area contributed by atoms with Crippen molar-refractivity contribution in [3.8, 4) is 0 Å². The van der Waals surface area contributed by atoms with E-state index in [1.807, 2.05) is 12.1 Å². The van der Waals surface area contributed by atoms with Crippen molar-refractivity contribution < 1.29 is 4.39 Å². The van der Waals surface area contributed by atoms with Gasteiger partial charge in [-0.25, -0.2) is 4.39 Å². The summed E-state index contributed by atoms with van der Waals surface area (Å²) in [6.45, 7) is 0.635. The van der Waals surface area contributed by atoms with Crippen molar-refractivity contribution in [2.45, 2.75) is 25.4 Å². The third-order valence-corrected chi connectivity index (χ3v) is 2.80. The molecule has 0 amide bonds. The van der Waals surface area contributed by atoms with Crippen LogP contribution in [0.25, 0.3) is 0 Å². The van der Waals surface area contributed by atoms with Gasteiger partial charge in [-0.1, -0.05) is 12.1 Å². The first kappa shape index (κ1) is 9.16. The van der Waals surface area contributed by atoms with Gasteiger partial charge in [-0.3, -0.25) is 0 Å². The molecule has 0 saturated heterocycles. The molecule has 0 aromatic heterocycles. The molecule has 1 aliphatic carbocycles. The summed E-state index contributed by atoms with van der Waals surface area (Å²) in [5.41, 5.74) is 0.737. The standard InChI is InChI=1S/C10H11BrFN/c11-9-3-1-2-7(10(9)12)6-13-8-4-5-8/h1-3,8,13H,4-6H2. The molecular formula is C10H11BrFN. The number of nitrogens with one attached hydrogen (secondary N) is 1. The van der Waals surface area contributed by atoms with E-state index in [1.165, 1.54) is 12.8 Å². The Labute approximate surface area is 85.5 Å². The van der Waals surface area contributed by atoms with E-state index < -0.39 is 0 Å². The molecular weight excluding hydrogens is 233 g/mol. The Morgan fingerprint density at radius 2 is 2.23 bits per heavy atom. The van der Waals surface area contributed by atoms with E-state index in [9.17, 15) is 4.39 Å². The molecule has 3 heteroatoms. The Morgan fingerprint density at radius 3 is 2.92 bits per heavy atom. The highest BCUT2D eigenvalue weighted by Crippen LogP contribution is 2.22. The molecule has 1 fully saturated rings. The lowest BCUT2D eigenvalue weighted by atomic mass is 10.2. The molecule has 0 atom stereocenters. The van der Waals surface area contributed by atoms with Crippen LogP contribution in [-0.2, 0) is 6.54 Å². The Kier molecular flexibility index (Phi) is 2.65. The van der Waals surface area contributed by atoms with E-state index in [4.69, 9.17) is 0 Å². The van der Waals surface area contributed by atoms with E-state index >= 15 is 0 Å². The van der Waals surface area contributed by atoms with Crippen molar-refractivity contribution in [2.75, 3.05) is 0 Å². The Balaban J connectivity index is 2.05. The number of halogens is 2. The van der Waals surface area contributed by atoms with Crippen LogP contribution in [0, 0.1) is 5.82 Å². The van der Waals surface area contributed by atoms with Crippen LogP contribution in [0.2, 0.25) is 0 Å². The van der Waals surface area contributed by atoms with Crippen molar-refractivity contribution >= 4 is 15.9 Å². The number of hydrogen-bond donors (Lipinski definition) is 1. The van der Waals surface area contributed by atoms with Gasteiger partial charge in [0.2, 0.25) is 0 Å². The summed E-state index contributed by atoms with van der Waals surface area (Å²) >= 11 is 3.17. The third kappa shape index (κ3) is 2.29. The Morgan fingerprint density at radius 1 is 1.46 bits per heavy atom. The number of rotatable bonds is 3.